The molecule has 1 fully saturated rings. The van der Waals surface area contributed by atoms with E-state index in [0.29, 0.717) is 13.0 Å². The highest BCUT2D eigenvalue weighted by Crippen LogP contribution is 2.05. The third kappa shape index (κ3) is 3.54. The van der Waals surface area contributed by atoms with Gasteiger partial charge in [-0.15, -0.1) is 0 Å². The topological polar surface area (TPSA) is 64.4 Å². The fraction of sp³-hybridized carbons (Fsp3) is 0.462. The molecule has 0 aromatic heterocycles. The molecule has 1 heterocycles. The van der Waals surface area contributed by atoms with Crippen LogP contribution >= 0.6 is 0 Å². The van der Waals surface area contributed by atoms with Gasteiger partial charge in [-0.25, -0.2) is 0 Å². The standard InChI is InChI=1S/C13H18N2O2/c14-12(8-10-4-2-1-3-5-10)13(16)15-11-6-7-17-9-11/h1-5,11-12H,6-9,14H2,(H,15,16)/t11?,12-/m0/s1. The second kappa shape index (κ2) is 5.80. The zero-order valence-corrected chi connectivity index (χ0v) is 9.76. The van der Waals surface area contributed by atoms with Gasteiger partial charge in [-0.05, 0) is 18.4 Å². The lowest BCUT2D eigenvalue weighted by Crippen LogP contribution is -2.46. The fourth-order valence-corrected chi connectivity index (χ4v) is 1.92. The molecule has 17 heavy (non-hydrogen) atoms. The summed E-state index contributed by atoms with van der Waals surface area (Å²) in [6, 6.07) is 9.44. The van der Waals surface area contributed by atoms with Crippen molar-refractivity contribution in [1.29, 1.82) is 0 Å². The summed E-state index contributed by atoms with van der Waals surface area (Å²) in [5, 5.41) is 2.91. The van der Waals surface area contributed by atoms with Crippen molar-refractivity contribution in [1.82, 2.24) is 5.32 Å². The quantitative estimate of drug-likeness (QED) is 0.795. The average Bonchev–Trinajstić information content (AvgIpc) is 2.83. The van der Waals surface area contributed by atoms with E-state index in [1.807, 2.05) is 30.3 Å². The second-order valence-electron chi connectivity index (χ2n) is 4.37. The molecule has 4 nitrogen and oxygen atoms in total. The van der Waals surface area contributed by atoms with Crippen molar-refractivity contribution >= 4 is 5.91 Å². The third-order valence-corrected chi connectivity index (χ3v) is 2.91. The number of nitrogens with two attached hydrogens (primary N) is 1. The molecular weight excluding hydrogens is 216 g/mol. The van der Waals surface area contributed by atoms with Gasteiger partial charge >= 0.3 is 0 Å². The van der Waals surface area contributed by atoms with Crippen LogP contribution in [0.2, 0.25) is 0 Å². The highest BCUT2D eigenvalue weighted by Gasteiger charge is 2.21. The van der Waals surface area contributed by atoms with E-state index in [1.54, 1.807) is 0 Å². The number of nitrogens with one attached hydrogen (secondary N) is 1. The maximum Gasteiger partial charge on any atom is 0.237 e. The Morgan fingerprint density at radius 3 is 2.88 bits per heavy atom. The molecule has 4 heteroatoms. The molecule has 0 aliphatic carbocycles. The van der Waals surface area contributed by atoms with E-state index in [2.05, 4.69) is 5.32 Å². The van der Waals surface area contributed by atoms with Crippen molar-refractivity contribution in [2.45, 2.75) is 24.9 Å². The molecule has 0 radical (unpaired) electrons. The molecular formula is C13H18N2O2. The van der Waals surface area contributed by atoms with Gasteiger partial charge in [-0.1, -0.05) is 30.3 Å². The van der Waals surface area contributed by atoms with Crippen molar-refractivity contribution in [3.63, 3.8) is 0 Å². The van der Waals surface area contributed by atoms with Crippen molar-refractivity contribution < 1.29 is 9.53 Å². The van der Waals surface area contributed by atoms with E-state index in [9.17, 15) is 4.79 Å². The Balaban J connectivity index is 1.82. The largest absolute Gasteiger partial charge is 0.379 e. The van der Waals surface area contributed by atoms with E-state index >= 15 is 0 Å². The van der Waals surface area contributed by atoms with Gasteiger partial charge in [0.2, 0.25) is 5.91 Å². The van der Waals surface area contributed by atoms with Gasteiger partial charge in [-0.2, -0.15) is 0 Å². The van der Waals surface area contributed by atoms with Gasteiger partial charge in [0, 0.05) is 6.61 Å². The molecule has 1 aromatic carbocycles. The molecule has 3 N–H and O–H groups in total. The summed E-state index contributed by atoms with van der Waals surface area (Å²) in [7, 11) is 0. The maximum atomic E-state index is 11.8. The van der Waals surface area contributed by atoms with Crippen molar-refractivity contribution in [3.8, 4) is 0 Å². The van der Waals surface area contributed by atoms with Crippen LogP contribution in [0.5, 0.6) is 0 Å². The van der Waals surface area contributed by atoms with Gasteiger partial charge in [0.15, 0.2) is 0 Å². The van der Waals surface area contributed by atoms with Crippen LogP contribution in [0.25, 0.3) is 0 Å². The molecule has 0 saturated carbocycles. The molecule has 1 unspecified atom stereocenters. The van der Waals surface area contributed by atoms with Gasteiger partial charge < -0.3 is 15.8 Å². The summed E-state index contributed by atoms with van der Waals surface area (Å²) >= 11 is 0. The molecule has 2 atom stereocenters. The van der Waals surface area contributed by atoms with Gasteiger partial charge in [0.1, 0.15) is 0 Å². The van der Waals surface area contributed by atoms with Gasteiger partial charge in [-0.3, -0.25) is 4.79 Å². The Bertz CT molecular complexity index is 361. The molecule has 1 saturated heterocycles. The van der Waals surface area contributed by atoms with Crippen LogP contribution in [0.3, 0.4) is 0 Å². The van der Waals surface area contributed by atoms with Crippen LogP contribution in [-0.4, -0.2) is 31.2 Å². The average molecular weight is 234 g/mol. The molecule has 0 bridgehead atoms. The Hall–Kier alpha value is -1.39. The Morgan fingerprint density at radius 1 is 1.47 bits per heavy atom. The van der Waals surface area contributed by atoms with Crippen molar-refractivity contribution in [3.05, 3.63) is 35.9 Å². The van der Waals surface area contributed by atoms with E-state index < -0.39 is 6.04 Å². The second-order valence-corrected chi connectivity index (χ2v) is 4.37. The van der Waals surface area contributed by atoms with Gasteiger partial charge in [0.05, 0.1) is 18.7 Å². The van der Waals surface area contributed by atoms with Crippen LogP contribution in [0.4, 0.5) is 0 Å². The van der Waals surface area contributed by atoms with Crippen LogP contribution in [-0.2, 0) is 16.0 Å². The normalized spacial score (nSPS) is 21.1. The minimum absolute atomic E-state index is 0.0932. The minimum Gasteiger partial charge on any atom is -0.379 e. The summed E-state index contributed by atoms with van der Waals surface area (Å²) in [6.07, 6.45) is 1.45. The molecule has 1 aromatic rings. The van der Waals surface area contributed by atoms with Gasteiger partial charge in [0.25, 0.3) is 0 Å². The number of amides is 1. The highest BCUT2D eigenvalue weighted by molar-refractivity contribution is 5.82. The lowest BCUT2D eigenvalue weighted by atomic mass is 10.1. The molecule has 1 aliphatic heterocycles. The molecule has 1 amide bonds. The first-order chi connectivity index (χ1) is 8.25. The summed E-state index contributed by atoms with van der Waals surface area (Å²) < 4.78 is 5.20. The highest BCUT2D eigenvalue weighted by atomic mass is 16.5. The summed E-state index contributed by atoms with van der Waals surface area (Å²) in [5.41, 5.74) is 6.96. The number of hydrogen-bond donors (Lipinski definition) is 2. The summed E-state index contributed by atoms with van der Waals surface area (Å²) in [6.45, 7) is 1.32. The van der Waals surface area contributed by atoms with Crippen LogP contribution in [0.15, 0.2) is 30.3 Å². The number of hydrogen-bond acceptors (Lipinski definition) is 3. The predicted molar refractivity (Wildman–Crippen MR) is 65.5 cm³/mol. The molecule has 92 valence electrons. The number of ether oxygens (including phenoxy) is 1. The number of benzene rings is 1. The first-order valence-corrected chi connectivity index (χ1v) is 5.93. The lowest BCUT2D eigenvalue weighted by Gasteiger charge is -2.15. The maximum absolute atomic E-state index is 11.8. The Labute approximate surface area is 101 Å². The zero-order chi connectivity index (χ0) is 12.1. The molecule has 1 aliphatic rings. The van der Waals surface area contributed by atoms with Crippen LogP contribution in [0.1, 0.15) is 12.0 Å². The van der Waals surface area contributed by atoms with E-state index in [4.69, 9.17) is 10.5 Å². The van der Waals surface area contributed by atoms with E-state index in [-0.39, 0.29) is 11.9 Å². The first kappa shape index (κ1) is 12.1. The number of rotatable bonds is 4. The molecule has 2 rings (SSSR count). The summed E-state index contributed by atoms with van der Waals surface area (Å²) in [5.74, 6) is -0.0932. The fourth-order valence-electron chi connectivity index (χ4n) is 1.92. The van der Waals surface area contributed by atoms with Crippen LogP contribution < -0.4 is 11.1 Å². The SMILES string of the molecule is N[C@@H](Cc1ccccc1)C(=O)NC1CCOC1. The number of carbonyl (C=O) groups is 1. The van der Waals surface area contributed by atoms with Crippen LogP contribution in [0, 0.1) is 0 Å². The van der Waals surface area contributed by atoms with E-state index in [1.165, 1.54) is 0 Å². The predicted octanol–water partition coefficient (Wildman–Crippen LogP) is 0.461. The minimum atomic E-state index is -0.488. The number of carbonyl (C=O) groups excluding carboxylic acids is 1. The van der Waals surface area contributed by atoms with Crippen molar-refractivity contribution in [2.24, 2.45) is 5.73 Å². The molecule has 0 spiro atoms. The lowest BCUT2D eigenvalue weighted by molar-refractivity contribution is -0.123. The third-order valence-electron chi connectivity index (χ3n) is 2.91. The Morgan fingerprint density at radius 2 is 2.24 bits per heavy atom. The van der Waals surface area contributed by atoms with Crippen molar-refractivity contribution in [2.75, 3.05) is 13.2 Å². The summed E-state index contributed by atoms with van der Waals surface area (Å²) in [4.78, 5) is 11.8. The van der Waals surface area contributed by atoms with E-state index in [0.717, 1.165) is 18.6 Å². The Kier molecular flexibility index (Phi) is 4.12. The zero-order valence-electron chi connectivity index (χ0n) is 9.76. The first-order valence-electron chi connectivity index (χ1n) is 5.93. The monoisotopic (exact) mass is 234 g/mol. The smallest absolute Gasteiger partial charge is 0.237 e.